The first-order valence-electron chi connectivity index (χ1n) is 6.92. The average Bonchev–Trinajstić information content (AvgIpc) is 2.92. The Labute approximate surface area is 127 Å². The van der Waals surface area contributed by atoms with Crippen molar-refractivity contribution in [3.63, 3.8) is 0 Å². The summed E-state index contributed by atoms with van der Waals surface area (Å²) in [6.45, 7) is 0. The molecule has 0 bridgehead atoms. The van der Waals surface area contributed by atoms with E-state index in [1.54, 1.807) is 11.3 Å². The number of nitrogens with one attached hydrogen (secondary N) is 1. The van der Waals surface area contributed by atoms with Crippen LogP contribution in [0.1, 0.15) is 11.1 Å². The van der Waals surface area contributed by atoms with Crippen LogP contribution in [0.3, 0.4) is 0 Å². The Morgan fingerprint density at radius 2 is 1.81 bits per heavy atom. The first-order chi connectivity index (χ1) is 10.3. The molecule has 0 aliphatic carbocycles. The molecule has 2 nitrogen and oxygen atoms in total. The molecule has 2 aromatic carbocycles. The van der Waals surface area contributed by atoms with Gasteiger partial charge in [-0.3, -0.25) is 11.3 Å². The molecule has 0 saturated heterocycles. The Balaban J connectivity index is 1.76. The minimum absolute atomic E-state index is 0.133. The molecule has 4 heteroatoms. The highest BCUT2D eigenvalue weighted by Gasteiger charge is 2.12. The Kier molecular flexibility index (Phi) is 4.29. The second kappa shape index (κ2) is 6.35. The van der Waals surface area contributed by atoms with Gasteiger partial charge in [-0.1, -0.05) is 30.3 Å². The van der Waals surface area contributed by atoms with Gasteiger partial charge in [-0.15, -0.1) is 11.3 Å². The second-order valence-electron chi connectivity index (χ2n) is 5.16. The van der Waals surface area contributed by atoms with Crippen molar-refractivity contribution < 1.29 is 4.39 Å². The molecular weight excluding hydrogens is 283 g/mol. The van der Waals surface area contributed by atoms with Crippen molar-refractivity contribution >= 4 is 21.4 Å². The number of hydrogen-bond donors (Lipinski definition) is 2. The largest absolute Gasteiger partial charge is 0.271 e. The maximum Gasteiger partial charge on any atom is 0.123 e. The normalized spacial score (nSPS) is 12.7. The predicted octanol–water partition coefficient (Wildman–Crippen LogP) is 3.66. The number of thiophene rings is 1. The molecule has 108 valence electrons. The molecule has 0 radical (unpaired) electrons. The van der Waals surface area contributed by atoms with Crippen LogP contribution in [0.25, 0.3) is 10.1 Å². The smallest absolute Gasteiger partial charge is 0.123 e. The first kappa shape index (κ1) is 14.2. The summed E-state index contributed by atoms with van der Waals surface area (Å²) in [6, 6.07) is 15.1. The fourth-order valence-corrected chi connectivity index (χ4v) is 3.53. The van der Waals surface area contributed by atoms with Crippen molar-refractivity contribution in [3.8, 4) is 0 Å². The SMILES string of the molecule is NNC(Cc1ccc(F)cc1)Cc1csc2ccccc12. The number of hydrogen-bond acceptors (Lipinski definition) is 3. The van der Waals surface area contributed by atoms with Crippen LogP contribution in [0.15, 0.2) is 53.9 Å². The van der Waals surface area contributed by atoms with E-state index in [1.807, 2.05) is 12.1 Å². The molecule has 0 amide bonds. The lowest BCUT2D eigenvalue weighted by Crippen LogP contribution is -2.38. The Morgan fingerprint density at radius 3 is 2.57 bits per heavy atom. The van der Waals surface area contributed by atoms with Crippen LogP contribution in [0, 0.1) is 5.82 Å². The van der Waals surface area contributed by atoms with Gasteiger partial charge in [-0.2, -0.15) is 0 Å². The van der Waals surface area contributed by atoms with E-state index in [9.17, 15) is 4.39 Å². The van der Waals surface area contributed by atoms with Crippen molar-refractivity contribution in [1.29, 1.82) is 0 Å². The van der Waals surface area contributed by atoms with E-state index >= 15 is 0 Å². The van der Waals surface area contributed by atoms with Crippen LogP contribution in [0.5, 0.6) is 0 Å². The minimum Gasteiger partial charge on any atom is -0.271 e. The Bertz CT molecular complexity index is 721. The lowest BCUT2D eigenvalue weighted by atomic mass is 9.99. The van der Waals surface area contributed by atoms with Crippen molar-refractivity contribution in [3.05, 3.63) is 70.9 Å². The van der Waals surface area contributed by atoms with Crippen LogP contribution >= 0.6 is 11.3 Å². The zero-order valence-electron chi connectivity index (χ0n) is 11.6. The summed E-state index contributed by atoms with van der Waals surface area (Å²) in [5.74, 6) is 5.48. The van der Waals surface area contributed by atoms with Gasteiger partial charge in [-0.05, 0) is 52.9 Å². The molecule has 3 N–H and O–H groups in total. The van der Waals surface area contributed by atoms with Crippen molar-refractivity contribution in [2.75, 3.05) is 0 Å². The van der Waals surface area contributed by atoms with Crippen LogP contribution in [0.4, 0.5) is 4.39 Å². The van der Waals surface area contributed by atoms with Crippen LogP contribution in [-0.4, -0.2) is 6.04 Å². The van der Waals surface area contributed by atoms with Crippen molar-refractivity contribution in [1.82, 2.24) is 5.43 Å². The Hall–Kier alpha value is -1.75. The fraction of sp³-hybridized carbons (Fsp3) is 0.176. The lowest BCUT2D eigenvalue weighted by molar-refractivity contribution is 0.523. The number of hydrazine groups is 1. The molecule has 1 unspecified atom stereocenters. The van der Waals surface area contributed by atoms with Gasteiger partial charge in [0.1, 0.15) is 5.82 Å². The van der Waals surface area contributed by atoms with Crippen LogP contribution in [-0.2, 0) is 12.8 Å². The lowest BCUT2D eigenvalue weighted by Gasteiger charge is -2.15. The summed E-state index contributed by atoms with van der Waals surface area (Å²) in [5.41, 5.74) is 5.27. The molecule has 3 rings (SSSR count). The zero-order chi connectivity index (χ0) is 14.7. The van der Waals surface area contributed by atoms with E-state index in [4.69, 9.17) is 5.84 Å². The first-order valence-corrected chi connectivity index (χ1v) is 7.80. The number of nitrogens with two attached hydrogens (primary N) is 1. The zero-order valence-corrected chi connectivity index (χ0v) is 12.4. The molecule has 21 heavy (non-hydrogen) atoms. The highest BCUT2D eigenvalue weighted by Crippen LogP contribution is 2.26. The summed E-state index contributed by atoms with van der Waals surface area (Å²) >= 11 is 1.76. The molecular formula is C17H17FN2S. The van der Waals surface area contributed by atoms with Crippen LogP contribution < -0.4 is 11.3 Å². The van der Waals surface area contributed by atoms with Crippen molar-refractivity contribution in [2.24, 2.45) is 5.84 Å². The van der Waals surface area contributed by atoms with Crippen LogP contribution in [0.2, 0.25) is 0 Å². The van der Waals surface area contributed by atoms with Gasteiger partial charge < -0.3 is 0 Å². The van der Waals surface area contributed by atoms with Crippen molar-refractivity contribution in [2.45, 2.75) is 18.9 Å². The molecule has 0 spiro atoms. The summed E-state index contributed by atoms with van der Waals surface area (Å²) in [4.78, 5) is 0. The number of benzene rings is 2. The van der Waals surface area contributed by atoms with Gasteiger partial charge in [0.05, 0.1) is 0 Å². The Morgan fingerprint density at radius 1 is 1.05 bits per heavy atom. The summed E-state index contributed by atoms with van der Waals surface area (Å²) in [7, 11) is 0. The number of rotatable bonds is 5. The molecule has 3 aromatic rings. The van der Waals surface area contributed by atoms with Gasteiger partial charge in [0.25, 0.3) is 0 Å². The molecule has 0 fully saturated rings. The van der Waals surface area contributed by atoms with E-state index in [-0.39, 0.29) is 11.9 Å². The highest BCUT2D eigenvalue weighted by atomic mass is 32.1. The molecule has 1 aromatic heterocycles. The topological polar surface area (TPSA) is 38.0 Å². The predicted molar refractivity (Wildman–Crippen MR) is 86.7 cm³/mol. The van der Waals surface area contributed by atoms with E-state index in [0.717, 1.165) is 18.4 Å². The van der Waals surface area contributed by atoms with Gasteiger partial charge in [0.2, 0.25) is 0 Å². The molecule has 1 atom stereocenters. The molecule has 0 aliphatic heterocycles. The third kappa shape index (κ3) is 3.29. The maximum absolute atomic E-state index is 12.9. The highest BCUT2D eigenvalue weighted by molar-refractivity contribution is 7.17. The average molecular weight is 300 g/mol. The third-order valence-corrected chi connectivity index (χ3v) is 4.67. The minimum atomic E-state index is -0.208. The molecule has 0 saturated carbocycles. The van der Waals surface area contributed by atoms with Gasteiger partial charge in [-0.25, -0.2) is 4.39 Å². The number of fused-ring (bicyclic) bond motifs is 1. The summed E-state index contributed by atoms with van der Waals surface area (Å²) in [6.07, 6.45) is 1.64. The maximum atomic E-state index is 12.9. The van der Waals surface area contributed by atoms with E-state index in [2.05, 4.69) is 35.1 Å². The van der Waals surface area contributed by atoms with E-state index in [1.165, 1.54) is 27.8 Å². The molecule has 0 aliphatic rings. The van der Waals surface area contributed by atoms with E-state index < -0.39 is 0 Å². The monoisotopic (exact) mass is 300 g/mol. The summed E-state index contributed by atoms with van der Waals surface area (Å²) < 4.78 is 14.2. The van der Waals surface area contributed by atoms with E-state index in [0.29, 0.717) is 0 Å². The second-order valence-corrected chi connectivity index (χ2v) is 6.07. The van der Waals surface area contributed by atoms with Gasteiger partial charge in [0.15, 0.2) is 0 Å². The van der Waals surface area contributed by atoms with Gasteiger partial charge >= 0.3 is 0 Å². The number of halogens is 1. The fourth-order valence-electron chi connectivity index (χ4n) is 2.55. The third-order valence-electron chi connectivity index (χ3n) is 3.66. The summed E-state index contributed by atoms with van der Waals surface area (Å²) in [5, 5.41) is 3.49. The van der Waals surface area contributed by atoms with Gasteiger partial charge in [0, 0.05) is 10.7 Å². The standard InChI is InChI=1S/C17H17FN2S/c18-14-7-5-12(6-8-14)9-15(20-19)10-13-11-21-17-4-2-1-3-16(13)17/h1-8,11,15,20H,9-10,19H2. The molecule has 1 heterocycles. The quantitative estimate of drug-likeness (QED) is 0.557.